The fourth-order valence-corrected chi connectivity index (χ4v) is 3.49. The third-order valence-corrected chi connectivity index (χ3v) is 5.13. The molecule has 2 aromatic rings. The number of hydrogen-bond acceptors (Lipinski definition) is 4. The van der Waals surface area contributed by atoms with E-state index in [9.17, 15) is 31.5 Å². The molecule has 2 aliphatic heterocycles. The number of benzene rings is 2. The number of fused-ring (bicyclic) bond motifs is 1. The van der Waals surface area contributed by atoms with E-state index in [2.05, 4.69) is 0 Å². The maximum Gasteiger partial charge on any atom is 0.419 e. The van der Waals surface area contributed by atoms with Crippen LogP contribution in [0.15, 0.2) is 30.3 Å². The molecule has 2 heterocycles. The van der Waals surface area contributed by atoms with Crippen LogP contribution in [0.3, 0.4) is 0 Å². The Morgan fingerprint density at radius 1 is 1.13 bits per heavy atom. The van der Waals surface area contributed by atoms with Gasteiger partial charge in [0.2, 0.25) is 0 Å². The van der Waals surface area contributed by atoms with Crippen molar-refractivity contribution >= 4 is 11.7 Å². The molecule has 4 rings (SSSR count). The van der Waals surface area contributed by atoms with Gasteiger partial charge < -0.3 is 14.4 Å². The summed E-state index contributed by atoms with van der Waals surface area (Å²) in [5.41, 5.74) is -1.15. The standard InChI is InChI=1S/C21H16F5NO4/c22-17-2-1-14(5-16(17)21(24,25)26)30-9-11-7-27(8-11)20(29)15-4-12-3-13(28)10-31-19(12)6-18(15)23/h1-2,4-6,11H,3,7-10H2. The van der Waals surface area contributed by atoms with Gasteiger partial charge >= 0.3 is 6.18 Å². The number of ether oxygens (including phenoxy) is 2. The number of carbonyl (C=O) groups excluding carboxylic acids is 2. The Labute approximate surface area is 173 Å². The van der Waals surface area contributed by atoms with Crippen molar-refractivity contribution in [2.45, 2.75) is 12.6 Å². The summed E-state index contributed by atoms with van der Waals surface area (Å²) in [6.07, 6.45) is -4.78. The van der Waals surface area contributed by atoms with E-state index in [-0.39, 0.29) is 61.5 Å². The summed E-state index contributed by atoms with van der Waals surface area (Å²) in [5, 5.41) is 0. The number of amides is 1. The van der Waals surface area contributed by atoms with Crippen LogP contribution >= 0.6 is 0 Å². The van der Waals surface area contributed by atoms with Crippen molar-refractivity contribution in [2.24, 2.45) is 5.92 Å². The molecule has 1 amide bonds. The van der Waals surface area contributed by atoms with E-state index in [1.54, 1.807) is 0 Å². The maximum absolute atomic E-state index is 14.3. The zero-order valence-corrected chi connectivity index (χ0v) is 16.0. The van der Waals surface area contributed by atoms with E-state index in [0.717, 1.165) is 12.1 Å². The van der Waals surface area contributed by atoms with E-state index < -0.39 is 29.3 Å². The summed E-state index contributed by atoms with van der Waals surface area (Å²) in [5.74, 6) is -2.95. The lowest BCUT2D eigenvalue weighted by atomic mass is 9.97. The van der Waals surface area contributed by atoms with Crippen molar-refractivity contribution in [3.63, 3.8) is 0 Å². The SMILES string of the molecule is O=C1COc2cc(F)c(C(=O)N3CC(COc4ccc(F)c(C(F)(F)F)c4)C3)cc2C1. The summed E-state index contributed by atoms with van der Waals surface area (Å²) in [7, 11) is 0. The Kier molecular flexibility index (Phi) is 5.32. The molecule has 10 heteroatoms. The highest BCUT2D eigenvalue weighted by molar-refractivity contribution is 5.96. The molecule has 1 fully saturated rings. The van der Waals surface area contributed by atoms with Gasteiger partial charge in [-0.25, -0.2) is 8.78 Å². The fraction of sp³-hybridized carbons (Fsp3) is 0.333. The predicted molar refractivity (Wildman–Crippen MR) is 96.9 cm³/mol. The molecule has 0 aromatic heterocycles. The number of nitrogens with zero attached hydrogens (tertiary/aromatic N) is 1. The molecule has 0 aliphatic carbocycles. The molecule has 0 bridgehead atoms. The number of Topliss-reactive ketones (excluding diaryl/α,β-unsaturated/α-hetero) is 1. The first kappa shape index (κ1) is 21.1. The third-order valence-electron chi connectivity index (χ3n) is 5.13. The smallest absolute Gasteiger partial charge is 0.419 e. The predicted octanol–water partition coefficient (Wildman–Crippen LogP) is 3.64. The quantitative estimate of drug-likeness (QED) is 0.680. The van der Waals surface area contributed by atoms with Crippen LogP contribution in [0.2, 0.25) is 0 Å². The summed E-state index contributed by atoms with van der Waals surface area (Å²) in [6.45, 7) is 0.323. The fourth-order valence-electron chi connectivity index (χ4n) is 3.49. The summed E-state index contributed by atoms with van der Waals surface area (Å²) in [4.78, 5) is 25.5. The van der Waals surface area contributed by atoms with E-state index in [4.69, 9.17) is 9.47 Å². The van der Waals surface area contributed by atoms with E-state index in [0.29, 0.717) is 17.7 Å². The molecule has 0 radical (unpaired) electrons. The van der Waals surface area contributed by atoms with Crippen LogP contribution in [0.5, 0.6) is 11.5 Å². The van der Waals surface area contributed by atoms with E-state index >= 15 is 0 Å². The second-order valence-corrected chi connectivity index (χ2v) is 7.47. The molecule has 0 spiro atoms. The maximum atomic E-state index is 14.3. The van der Waals surface area contributed by atoms with E-state index in [1.807, 2.05) is 0 Å². The highest BCUT2D eigenvalue weighted by atomic mass is 19.4. The average Bonchev–Trinajstić information content (AvgIpc) is 2.66. The molecule has 2 aromatic carbocycles. The van der Waals surface area contributed by atoms with Crippen molar-refractivity contribution in [3.05, 3.63) is 58.7 Å². The van der Waals surface area contributed by atoms with Crippen LogP contribution in [0, 0.1) is 17.6 Å². The van der Waals surface area contributed by atoms with Gasteiger partial charge in [0, 0.05) is 37.1 Å². The third kappa shape index (κ3) is 4.33. The first-order valence-corrected chi connectivity index (χ1v) is 9.37. The molecule has 0 N–H and O–H groups in total. The second-order valence-electron chi connectivity index (χ2n) is 7.47. The lowest BCUT2D eigenvalue weighted by Crippen LogP contribution is -2.52. The Balaban J connectivity index is 1.35. The zero-order valence-electron chi connectivity index (χ0n) is 16.0. The van der Waals surface area contributed by atoms with Crippen molar-refractivity contribution < 1.29 is 41.0 Å². The molecule has 2 aliphatic rings. The van der Waals surface area contributed by atoms with Gasteiger partial charge in [-0.1, -0.05) is 0 Å². The van der Waals surface area contributed by atoms with Gasteiger partial charge in [0.15, 0.2) is 5.78 Å². The normalized spacial score (nSPS) is 16.4. The monoisotopic (exact) mass is 441 g/mol. The first-order chi connectivity index (χ1) is 14.6. The molecule has 1 saturated heterocycles. The van der Waals surface area contributed by atoms with Gasteiger partial charge in [-0.15, -0.1) is 0 Å². The molecule has 0 atom stereocenters. The molecule has 0 unspecified atom stereocenters. The lowest BCUT2D eigenvalue weighted by molar-refractivity contribution is -0.140. The van der Waals surface area contributed by atoms with Gasteiger partial charge in [-0.3, -0.25) is 9.59 Å². The number of likely N-dealkylation sites (tertiary alicyclic amines) is 1. The highest BCUT2D eigenvalue weighted by Gasteiger charge is 2.36. The van der Waals surface area contributed by atoms with Gasteiger partial charge in [0.25, 0.3) is 5.91 Å². The highest BCUT2D eigenvalue weighted by Crippen LogP contribution is 2.34. The number of rotatable bonds is 4. The zero-order chi connectivity index (χ0) is 22.3. The van der Waals surface area contributed by atoms with Gasteiger partial charge in [-0.05, 0) is 24.3 Å². The lowest BCUT2D eigenvalue weighted by Gasteiger charge is -2.39. The first-order valence-electron chi connectivity index (χ1n) is 9.37. The molecular weight excluding hydrogens is 425 g/mol. The van der Waals surface area contributed by atoms with Crippen molar-refractivity contribution in [2.75, 3.05) is 26.3 Å². The average molecular weight is 441 g/mol. The number of alkyl halides is 3. The second kappa shape index (κ2) is 7.82. The van der Waals surface area contributed by atoms with Gasteiger partial charge in [0.1, 0.15) is 29.7 Å². The van der Waals surface area contributed by atoms with Crippen molar-refractivity contribution in [3.8, 4) is 11.5 Å². The van der Waals surface area contributed by atoms with Gasteiger partial charge in [0.05, 0.1) is 17.7 Å². The number of halogens is 5. The number of carbonyl (C=O) groups is 2. The molecule has 0 saturated carbocycles. The Morgan fingerprint density at radius 3 is 2.58 bits per heavy atom. The molecule has 5 nitrogen and oxygen atoms in total. The summed E-state index contributed by atoms with van der Waals surface area (Å²) < 4.78 is 76.4. The van der Waals surface area contributed by atoms with Crippen LogP contribution in [0.25, 0.3) is 0 Å². The van der Waals surface area contributed by atoms with E-state index in [1.165, 1.54) is 11.0 Å². The summed E-state index contributed by atoms with van der Waals surface area (Å²) >= 11 is 0. The molecular formula is C21H16F5NO4. The minimum Gasteiger partial charge on any atom is -0.493 e. The topological polar surface area (TPSA) is 55.8 Å². The minimum atomic E-state index is -4.84. The van der Waals surface area contributed by atoms with Crippen LogP contribution in [-0.4, -0.2) is 42.9 Å². The Bertz CT molecular complexity index is 1050. The molecule has 31 heavy (non-hydrogen) atoms. The van der Waals surface area contributed by atoms with Crippen molar-refractivity contribution in [1.82, 2.24) is 4.90 Å². The van der Waals surface area contributed by atoms with Crippen LogP contribution in [0.1, 0.15) is 21.5 Å². The minimum absolute atomic E-state index is 0.0156. The van der Waals surface area contributed by atoms with Crippen LogP contribution < -0.4 is 9.47 Å². The van der Waals surface area contributed by atoms with Crippen molar-refractivity contribution in [1.29, 1.82) is 0 Å². The van der Waals surface area contributed by atoms with Crippen LogP contribution in [-0.2, 0) is 17.4 Å². The van der Waals surface area contributed by atoms with Gasteiger partial charge in [-0.2, -0.15) is 13.2 Å². The number of ketones is 1. The molecule has 164 valence electrons. The van der Waals surface area contributed by atoms with Crippen LogP contribution in [0.4, 0.5) is 22.0 Å². The summed E-state index contributed by atoms with van der Waals surface area (Å²) in [6, 6.07) is 4.76. The number of hydrogen-bond donors (Lipinski definition) is 0. The Morgan fingerprint density at radius 2 is 1.87 bits per heavy atom. The largest absolute Gasteiger partial charge is 0.493 e. The Hall–Kier alpha value is -3.17.